The molecule has 0 aliphatic rings. The molecule has 0 bridgehead atoms. The number of unbranched alkanes of at least 4 members (excludes halogenated alkanes) is 7. The molecule has 3 rings (SSSR count). The molecule has 0 spiro atoms. The topological polar surface area (TPSA) is 61.3 Å². The van der Waals surface area contributed by atoms with Gasteiger partial charge in [0.15, 0.2) is 5.82 Å². The fourth-order valence-corrected chi connectivity index (χ4v) is 4.44. The van der Waals surface area contributed by atoms with Gasteiger partial charge >= 0.3 is 5.97 Å². The molecule has 0 radical (unpaired) electrons. The normalized spacial score (nSPS) is 11.8. The van der Waals surface area contributed by atoms with Gasteiger partial charge in [-0.25, -0.2) is 9.97 Å². The molecule has 0 N–H and O–H groups in total. The van der Waals surface area contributed by atoms with E-state index in [1.165, 1.54) is 51.4 Å². The predicted octanol–water partition coefficient (Wildman–Crippen LogP) is 9.45. The second-order valence-electron chi connectivity index (χ2n) is 10.5. The quantitative estimate of drug-likeness (QED) is 0.0931. The van der Waals surface area contributed by atoms with Crippen LogP contribution in [0.4, 0.5) is 0 Å². The maximum absolute atomic E-state index is 12.1. The van der Waals surface area contributed by atoms with Crippen LogP contribution in [0.2, 0.25) is 0 Å². The average Bonchev–Trinajstić information content (AvgIpc) is 2.97. The van der Waals surface area contributed by atoms with E-state index >= 15 is 0 Å². The zero-order valence-electron chi connectivity index (χ0n) is 24.2. The number of ether oxygens (including phenoxy) is 2. The summed E-state index contributed by atoms with van der Waals surface area (Å²) in [5.74, 6) is 2.67. The first-order valence-electron chi connectivity index (χ1n) is 15.0. The van der Waals surface area contributed by atoms with Crippen LogP contribution in [0.15, 0.2) is 60.9 Å². The molecule has 1 aromatic heterocycles. The number of aromatic nitrogens is 2. The molecule has 0 aliphatic heterocycles. The van der Waals surface area contributed by atoms with Crippen LogP contribution in [0, 0.1) is 5.92 Å². The molecule has 0 aliphatic carbocycles. The van der Waals surface area contributed by atoms with Crippen molar-refractivity contribution >= 4 is 5.97 Å². The van der Waals surface area contributed by atoms with Crippen LogP contribution in [0.25, 0.3) is 22.5 Å². The maximum Gasteiger partial charge on any atom is 0.311 e. The number of carbonyl (C=O) groups is 1. The Morgan fingerprint density at radius 1 is 0.718 bits per heavy atom. The van der Waals surface area contributed by atoms with Crippen molar-refractivity contribution in [2.45, 2.75) is 97.8 Å². The number of rotatable bonds is 18. The van der Waals surface area contributed by atoms with Crippen molar-refractivity contribution in [3.8, 4) is 34.0 Å². The molecule has 0 saturated heterocycles. The number of nitrogens with zero attached hydrogens (tertiary/aromatic N) is 2. The third kappa shape index (κ3) is 11.2. The van der Waals surface area contributed by atoms with Crippen LogP contribution >= 0.6 is 0 Å². The lowest BCUT2D eigenvalue weighted by molar-refractivity contribution is -0.134. The van der Waals surface area contributed by atoms with Crippen molar-refractivity contribution in [2.75, 3.05) is 6.61 Å². The molecule has 210 valence electrons. The summed E-state index contributed by atoms with van der Waals surface area (Å²) in [6.45, 7) is 7.47. The van der Waals surface area contributed by atoms with E-state index in [0.29, 0.717) is 18.0 Å². The number of hydrogen-bond donors (Lipinski definition) is 0. The highest BCUT2D eigenvalue weighted by atomic mass is 16.5. The van der Waals surface area contributed by atoms with Gasteiger partial charge in [0, 0.05) is 29.9 Å². The second-order valence-corrected chi connectivity index (χ2v) is 10.5. The fraction of sp³-hybridized carbons (Fsp3) is 0.500. The third-order valence-corrected chi connectivity index (χ3v) is 7.23. The monoisotopic (exact) mass is 530 g/mol. The van der Waals surface area contributed by atoms with Gasteiger partial charge in [-0.2, -0.15) is 0 Å². The van der Waals surface area contributed by atoms with Gasteiger partial charge in [0.2, 0.25) is 0 Å². The lowest BCUT2D eigenvalue weighted by Gasteiger charge is -2.09. The Hall–Kier alpha value is -3.21. The van der Waals surface area contributed by atoms with Crippen molar-refractivity contribution in [3.05, 3.63) is 60.9 Å². The van der Waals surface area contributed by atoms with Crippen molar-refractivity contribution in [2.24, 2.45) is 5.92 Å². The summed E-state index contributed by atoms with van der Waals surface area (Å²) in [5, 5.41) is 0. The molecule has 1 unspecified atom stereocenters. The molecule has 3 aromatic rings. The Labute approximate surface area is 235 Å². The smallest absolute Gasteiger partial charge is 0.311 e. The lowest BCUT2D eigenvalue weighted by Crippen LogP contribution is -2.07. The van der Waals surface area contributed by atoms with Crippen LogP contribution in [-0.4, -0.2) is 22.5 Å². The maximum atomic E-state index is 12.1. The van der Waals surface area contributed by atoms with E-state index in [1.54, 1.807) is 0 Å². The van der Waals surface area contributed by atoms with E-state index in [-0.39, 0.29) is 5.97 Å². The second kappa shape index (κ2) is 17.4. The van der Waals surface area contributed by atoms with Crippen LogP contribution in [0.1, 0.15) is 97.8 Å². The average molecular weight is 531 g/mol. The van der Waals surface area contributed by atoms with E-state index in [4.69, 9.17) is 9.47 Å². The Bertz CT molecular complexity index is 1080. The van der Waals surface area contributed by atoms with E-state index in [1.807, 2.05) is 60.9 Å². The molecular formula is C34H46N2O3. The summed E-state index contributed by atoms with van der Waals surface area (Å²) in [5.41, 5.74) is 2.84. The van der Waals surface area contributed by atoms with Crippen molar-refractivity contribution in [1.29, 1.82) is 0 Å². The molecule has 0 amide bonds. The zero-order chi connectivity index (χ0) is 27.7. The molecule has 5 heteroatoms. The highest BCUT2D eigenvalue weighted by Gasteiger charge is 2.08. The number of hydrogen-bond acceptors (Lipinski definition) is 5. The van der Waals surface area contributed by atoms with Crippen LogP contribution < -0.4 is 9.47 Å². The van der Waals surface area contributed by atoms with Gasteiger partial charge < -0.3 is 9.47 Å². The van der Waals surface area contributed by atoms with E-state index in [2.05, 4.69) is 30.7 Å². The molecular weight excluding hydrogens is 484 g/mol. The lowest BCUT2D eigenvalue weighted by atomic mass is 10.0. The minimum absolute atomic E-state index is 0.172. The molecule has 0 fully saturated rings. The molecule has 0 saturated carbocycles. The SMILES string of the molecule is CCCCCCCCCOc1ccc(-c2ncc(-c3ccc(OC(=O)CCCCC(C)CC)cc3)cn2)cc1. The van der Waals surface area contributed by atoms with Gasteiger partial charge in [-0.3, -0.25) is 4.79 Å². The molecule has 2 aromatic carbocycles. The van der Waals surface area contributed by atoms with Crippen LogP contribution in [0.3, 0.4) is 0 Å². The molecule has 1 atom stereocenters. The summed E-state index contributed by atoms with van der Waals surface area (Å²) < 4.78 is 11.4. The number of carbonyl (C=O) groups excluding carboxylic acids is 1. The van der Waals surface area contributed by atoms with Crippen molar-refractivity contribution < 1.29 is 14.3 Å². The molecule has 39 heavy (non-hydrogen) atoms. The van der Waals surface area contributed by atoms with Gasteiger partial charge in [0.1, 0.15) is 11.5 Å². The van der Waals surface area contributed by atoms with Crippen molar-refractivity contribution in [1.82, 2.24) is 9.97 Å². The Balaban J connectivity index is 1.42. The highest BCUT2D eigenvalue weighted by molar-refractivity contribution is 5.73. The van der Waals surface area contributed by atoms with E-state index in [9.17, 15) is 4.79 Å². The fourth-order valence-electron chi connectivity index (χ4n) is 4.44. The minimum atomic E-state index is -0.172. The van der Waals surface area contributed by atoms with E-state index in [0.717, 1.165) is 54.2 Å². The summed E-state index contributed by atoms with van der Waals surface area (Å²) >= 11 is 0. The summed E-state index contributed by atoms with van der Waals surface area (Å²) in [4.78, 5) is 21.3. The number of esters is 1. The number of benzene rings is 2. The van der Waals surface area contributed by atoms with Gasteiger partial charge in [0.05, 0.1) is 6.61 Å². The summed E-state index contributed by atoms with van der Waals surface area (Å²) in [6, 6.07) is 15.5. The zero-order valence-corrected chi connectivity index (χ0v) is 24.2. The van der Waals surface area contributed by atoms with Gasteiger partial charge in [-0.15, -0.1) is 0 Å². The Morgan fingerprint density at radius 2 is 1.33 bits per heavy atom. The first-order valence-corrected chi connectivity index (χ1v) is 15.0. The summed E-state index contributed by atoms with van der Waals surface area (Å²) in [7, 11) is 0. The van der Waals surface area contributed by atoms with Crippen LogP contribution in [-0.2, 0) is 4.79 Å². The minimum Gasteiger partial charge on any atom is -0.494 e. The van der Waals surface area contributed by atoms with Gasteiger partial charge in [-0.1, -0.05) is 90.7 Å². The van der Waals surface area contributed by atoms with E-state index < -0.39 is 0 Å². The predicted molar refractivity (Wildman–Crippen MR) is 160 cm³/mol. The first kappa shape index (κ1) is 30.3. The largest absolute Gasteiger partial charge is 0.494 e. The Kier molecular flexibility index (Phi) is 13.5. The van der Waals surface area contributed by atoms with Crippen LogP contribution in [0.5, 0.6) is 11.5 Å². The third-order valence-electron chi connectivity index (χ3n) is 7.23. The standard InChI is InChI=1S/C34H46N2O3/c1-4-6-7-8-9-10-13-24-38-31-20-18-29(19-21-31)34-35-25-30(26-36-34)28-16-22-32(23-17-28)39-33(37)15-12-11-14-27(3)5-2/h16-23,25-27H,4-15,24H2,1-3H3. The van der Waals surface area contributed by atoms with Gasteiger partial charge in [-0.05, 0) is 60.7 Å². The first-order chi connectivity index (χ1) is 19.1. The molecule has 1 heterocycles. The Morgan fingerprint density at radius 3 is 2.00 bits per heavy atom. The highest BCUT2D eigenvalue weighted by Crippen LogP contribution is 2.24. The molecule has 5 nitrogen and oxygen atoms in total. The van der Waals surface area contributed by atoms with Gasteiger partial charge in [0.25, 0.3) is 0 Å². The van der Waals surface area contributed by atoms with Crippen molar-refractivity contribution in [3.63, 3.8) is 0 Å². The summed E-state index contributed by atoms with van der Waals surface area (Å²) in [6.07, 6.45) is 17.4.